The van der Waals surface area contributed by atoms with Crippen molar-refractivity contribution >= 4 is 17.2 Å². The zero-order chi connectivity index (χ0) is 11.8. The predicted octanol–water partition coefficient (Wildman–Crippen LogP) is 2.07. The highest BCUT2D eigenvalue weighted by molar-refractivity contribution is 7.80. The topological polar surface area (TPSA) is 61.0 Å². The monoisotopic (exact) mass is 239 g/mol. The van der Waals surface area contributed by atoms with Gasteiger partial charge in [-0.1, -0.05) is 38.4 Å². The Morgan fingerprint density at radius 3 is 2.94 bits per heavy atom. The van der Waals surface area contributed by atoms with Gasteiger partial charge < -0.3 is 10.5 Å². The van der Waals surface area contributed by atoms with E-state index in [9.17, 15) is 0 Å². The van der Waals surface area contributed by atoms with Crippen molar-refractivity contribution in [1.29, 1.82) is 0 Å². The van der Waals surface area contributed by atoms with Crippen molar-refractivity contribution in [3.05, 3.63) is 17.8 Å². The number of hydrogen-bond acceptors (Lipinski definition) is 4. The van der Waals surface area contributed by atoms with Crippen molar-refractivity contribution in [2.24, 2.45) is 5.73 Å². The maximum absolute atomic E-state index is 5.55. The van der Waals surface area contributed by atoms with E-state index >= 15 is 0 Å². The molecule has 16 heavy (non-hydrogen) atoms. The molecule has 0 saturated carbocycles. The van der Waals surface area contributed by atoms with Crippen molar-refractivity contribution < 1.29 is 4.74 Å². The summed E-state index contributed by atoms with van der Waals surface area (Å²) in [5.74, 6) is 0.437. The first kappa shape index (κ1) is 12.8. The molecular formula is C11H17N3OS. The summed E-state index contributed by atoms with van der Waals surface area (Å²) in [7, 11) is 0. The molecule has 1 rings (SSSR count). The molecule has 1 aromatic rings. The van der Waals surface area contributed by atoms with Crippen molar-refractivity contribution in [1.82, 2.24) is 10.2 Å². The Bertz CT molecular complexity index is 344. The predicted molar refractivity (Wildman–Crippen MR) is 67.6 cm³/mol. The van der Waals surface area contributed by atoms with Crippen molar-refractivity contribution in [3.8, 4) is 5.88 Å². The van der Waals surface area contributed by atoms with E-state index in [0.29, 0.717) is 23.0 Å². The Balaban J connectivity index is 2.44. The molecule has 0 atom stereocenters. The van der Waals surface area contributed by atoms with Crippen LogP contribution in [0.1, 0.15) is 38.2 Å². The molecule has 0 aliphatic carbocycles. The quantitative estimate of drug-likeness (QED) is 0.583. The third kappa shape index (κ3) is 4.10. The average molecular weight is 239 g/mol. The van der Waals surface area contributed by atoms with Crippen LogP contribution in [0.15, 0.2) is 12.3 Å². The summed E-state index contributed by atoms with van der Waals surface area (Å²) >= 11 is 4.90. The van der Waals surface area contributed by atoms with Crippen molar-refractivity contribution in [2.45, 2.75) is 32.6 Å². The van der Waals surface area contributed by atoms with E-state index in [4.69, 9.17) is 22.7 Å². The van der Waals surface area contributed by atoms with Gasteiger partial charge in [0.15, 0.2) is 0 Å². The summed E-state index contributed by atoms with van der Waals surface area (Å²) < 4.78 is 5.50. The van der Waals surface area contributed by atoms with Gasteiger partial charge in [0, 0.05) is 0 Å². The van der Waals surface area contributed by atoms with Gasteiger partial charge in [-0.25, -0.2) is 0 Å². The van der Waals surface area contributed by atoms with Crippen LogP contribution in [0.3, 0.4) is 0 Å². The lowest BCUT2D eigenvalue weighted by Gasteiger charge is -2.07. The number of rotatable bonds is 7. The fraction of sp³-hybridized carbons (Fsp3) is 0.545. The van der Waals surface area contributed by atoms with E-state index in [-0.39, 0.29) is 0 Å². The Kier molecular flexibility index (Phi) is 5.71. The lowest BCUT2D eigenvalue weighted by molar-refractivity contribution is 0.290. The van der Waals surface area contributed by atoms with Crippen LogP contribution in [0, 0.1) is 0 Å². The zero-order valence-corrected chi connectivity index (χ0v) is 10.3. The highest BCUT2D eigenvalue weighted by atomic mass is 32.1. The fourth-order valence-corrected chi connectivity index (χ4v) is 1.47. The molecule has 5 heteroatoms. The lowest BCUT2D eigenvalue weighted by Crippen LogP contribution is -2.13. The summed E-state index contributed by atoms with van der Waals surface area (Å²) in [4.78, 5) is 0.290. The van der Waals surface area contributed by atoms with Gasteiger partial charge in [0.25, 0.3) is 0 Å². The van der Waals surface area contributed by atoms with E-state index in [1.54, 1.807) is 12.3 Å². The molecule has 0 spiro atoms. The van der Waals surface area contributed by atoms with E-state index < -0.39 is 0 Å². The van der Waals surface area contributed by atoms with Gasteiger partial charge in [-0.3, -0.25) is 0 Å². The fourth-order valence-electron chi connectivity index (χ4n) is 1.31. The van der Waals surface area contributed by atoms with E-state index in [1.807, 2.05) is 0 Å². The molecule has 1 aromatic heterocycles. The SMILES string of the molecule is CCCCCCOc1nnccc1C(N)=S. The zero-order valence-electron chi connectivity index (χ0n) is 9.48. The standard InChI is InChI=1S/C11H17N3OS/c1-2-3-4-5-8-15-11-9(10(12)16)6-7-13-14-11/h6-7H,2-5,8H2,1H3,(H2,12,16). The molecule has 0 unspecified atom stereocenters. The maximum Gasteiger partial charge on any atom is 0.243 e. The molecule has 0 radical (unpaired) electrons. The van der Waals surface area contributed by atoms with Crippen LogP contribution < -0.4 is 10.5 Å². The number of thiocarbonyl (C=S) groups is 1. The van der Waals surface area contributed by atoms with Gasteiger partial charge in [0.2, 0.25) is 5.88 Å². The number of ether oxygens (including phenoxy) is 1. The van der Waals surface area contributed by atoms with Crippen LogP contribution in [0.4, 0.5) is 0 Å². The van der Waals surface area contributed by atoms with Gasteiger partial charge >= 0.3 is 0 Å². The molecule has 0 amide bonds. The normalized spacial score (nSPS) is 10.1. The van der Waals surface area contributed by atoms with Crippen LogP contribution in [0.2, 0.25) is 0 Å². The third-order valence-electron chi connectivity index (χ3n) is 2.19. The minimum absolute atomic E-state index is 0.290. The second-order valence-corrected chi connectivity index (χ2v) is 3.96. The summed E-state index contributed by atoms with van der Waals surface area (Å²) in [6, 6.07) is 1.72. The number of unbranched alkanes of at least 4 members (excludes halogenated alkanes) is 3. The third-order valence-corrected chi connectivity index (χ3v) is 2.41. The molecule has 1 heterocycles. The molecule has 0 fully saturated rings. The Hall–Kier alpha value is -1.23. The first-order chi connectivity index (χ1) is 7.75. The molecule has 0 aliphatic heterocycles. The molecular weight excluding hydrogens is 222 g/mol. The average Bonchev–Trinajstić information content (AvgIpc) is 2.29. The minimum Gasteiger partial charge on any atom is -0.476 e. The largest absolute Gasteiger partial charge is 0.476 e. The first-order valence-corrected chi connectivity index (χ1v) is 5.90. The van der Waals surface area contributed by atoms with E-state index in [2.05, 4.69) is 17.1 Å². The molecule has 4 nitrogen and oxygen atoms in total. The van der Waals surface area contributed by atoms with E-state index in [0.717, 1.165) is 6.42 Å². The Morgan fingerprint density at radius 2 is 2.25 bits per heavy atom. The smallest absolute Gasteiger partial charge is 0.243 e. The van der Waals surface area contributed by atoms with Gasteiger partial charge in [-0.05, 0) is 12.5 Å². The van der Waals surface area contributed by atoms with Gasteiger partial charge in [-0.15, -0.1) is 5.10 Å². The molecule has 0 aromatic carbocycles. The van der Waals surface area contributed by atoms with Crippen LogP contribution in [-0.4, -0.2) is 21.8 Å². The Labute approximate surface area is 101 Å². The number of nitrogens with zero attached hydrogens (tertiary/aromatic N) is 2. The summed E-state index contributed by atoms with van der Waals surface area (Å²) in [5, 5.41) is 7.63. The van der Waals surface area contributed by atoms with Gasteiger partial charge in [-0.2, -0.15) is 5.10 Å². The second-order valence-electron chi connectivity index (χ2n) is 3.52. The van der Waals surface area contributed by atoms with Crippen molar-refractivity contribution in [3.63, 3.8) is 0 Å². The first-order valence-electron chi connectivity index (χ1n) is 5.50. The van der Waals surface area contributed by atoms with Crippen LogP contribution in [0.25, 0.3) is 0 Å². The summed E-state index contributed by atoms with van der Waals surface area (Å²) in [6.45, 7) is 2.81. The highest BCUT2D eigenvalue weighted by Crippen LogP contribution is 2.13. The number of aromatic nitrogens is 2. The maximum atomic E-state index is 5.55. The number of nitrogens with two attached hydrogens (primary N) is 1. The second kappa shape index (κ2) is 7.11. The van der Waals surface area contributed by atoms with Crippen LogP contribution in [0.5, 0.6) is 5.88 Å². The molecule has 0 aliphatic rings. The Morgan fingerprint density at radius 1 is 1.44 bits per heavy atom. The summed E-state index contributed by atoms with van der Waals surface area (Å²) in [5.41, 5.74) is 6.20. The van der Waals surface area contributed by atoms with E-state index in [1.165, 1.54) is 19.3 Å². The summed E-state index contributed by atoms with van der Waals surface area (Å²) in [6.07, 6.45) is 6.17. The molecule has 0 saturated heterocycles. The van der Waals surface area contributed by atoms with Crippen molar-refractivity contribution in [2.75, 3.05) is 6.61 Å². The lowest BCUT2D eigenvalue weighted by atomic mass is 10.2. The van der Waals surface area contributed by atoms with Gasteiger partial charge in [0.1, 0.15) is 4.99 Å². The molecule has 88 valence electrons. The molecule has 0 bridgehead atoms. The number of hydrogen-bond donors (Lipinski definition) is 1. The van der Waals surface area contributed by atoms with Gasteiger partial charge in [0.05, 0.1) is 18.4 Å². The van der Waals surface area contributed by atoms with Crippen LogP contribution >= 0.6 is 12.2 Å². The highest BCUT2D eigenvalue weighted by Gasteiger charge is 2.07. The van der Waals surface area contributed by atoms with Crippen LogP contribution in [-0.2, 0) is 0 Å². The minimum atomic E-state index is 0.290. The molecule has 2 N–H and O–H groups in total.